The number of rotatable bonds is 4. The molecule has 0 aliphatic heterocycles. The molecule has 1 heterocycles. The van der Waals surface area contributed by atoms with Crippen molar-refractivity contribution in [1.82, 2.24) is 15.1 Å². The Kier molecular flexibility index (Phi) is 4.66. The van der Waals surface area contributed by atoms with Crippen LogP contribution < -0.4 is 5.32 Å². The summed E-state index contributed by atoms with van der Waals surface area (Å²) in [5.41, 5.74) is -2.99. The van der Waals surface area contributed by atoms with Gasteiger partial charge in [-0.15, -0.1) is 0 Å². The van der Waals surface area contributed by atoms with Crippen LogP contribution in [0.4, 0.5) is 17.6 Å². The summed E-state index contributed by atoms with van der Waals surface area (Å²) in [6, 6.07) is 1.57. The highest BCUT2D eigenvalue weighted by molar-refractivity contribution is 5.94. The molecule has 9 heteroatoms. The lowest BCUT2D eigenvalue weighted by molar-refractivity contribution is -0.137. The first-order valence-corrected chi connectivity index (χ1v) is 6.87. The maximum Gasteiger partial charge on any atom is 0.416 e. The fraction of sp³-hybridized carbons (Fsp3) is 0.333. The van der Waals surface area contributed by atoms with E-state index >= 15 is 0 Å². The first kappa shape index (κ1) is 17.9. The minimum Gasteiger partial charge on any atom is -0.383 e. The molecule has 1 atom stereocenters. The van der Waals surface area contributed by atoms with Gasteiger partial charge in [-0.05, 0) is 25.1 Å². The lowest BCUT2D eigenvalue weighted by atomic mass is 9.99. The predicted octanol–water partition coefficient (Wildman–Crippen LogP) is 2.22. The monoisotopic (exact) mass is 345 g/mol. The van der Waals surface area contributed by atoms with Crippen LogP contribution in [0.5, 0.6) is 0 Å². The molecule has 1 aromatic heterocycles. The number of carbonyl (C=O) groups excluding carboxylic acids is 1. The van der Waals surface area contributed by atoms with E-state index in [-0.39, 0.29) is 6.54 Å². The highest BCUT2D eigenvalue weighted by Gasteiger charge is 2.32. The smallest absolute Gasteiger partial charge is 0.383 e. The number of nitrogens with zero attached hydrogens (tertiary/aromatic N) is 2. The Morgan fingerprint density at radius 3 is 2.54 bits per heavy atom. The zero-order valence-electron chi connectivity index (χ0n) is 12.9. The Morgan fingerprint density at radius 1 is 1.33 bits per heavy atom. The summed E-state index contributed by atoms with van der Waals surface area (Å²) in [5.74, 6) is -2.13. The second-order valence-corrected chi connectivity index (χ2v) is 5.55. The summed E-state index contributed by atoms with van der Waals surface area (Å²) in [7, 11) is 1.64. The first-order chi connectivity index (χ1) is 11.0. The van der Waals surface area contributed by atoms with Crippen LogP contribution in [0, 0.1) is 5.82 Å². The molecule has 1 unspecified atom stereocenters. The van der Waals surface area contributed by atoms with E-state index in [1.807, 2.05) is 0 Å². The third kappa shape index (κ3) is 3.91. The fourth-order valence-electron chi connectivity index (χ4n) is 2.02. The van der Waals surface area contributed by atoms with Crippen molar-refractivity contribution in [3.8, 4) is 0 Å². The van der Waals surface area contributed by atoms with Crippen LogP contribution in [0.2, 0.25) is 0 Å². The van der Waals surface area contributed by atoms with E-state index in [1.54, 1.807) is 7.05 Å². The summed E-state index contributed by atoms with van der Waals surface area (Å²) in [4.78, 5) is 12.0. The molecule has 0 aliphatic rings. The lowest BCUT2D eigenvalue weighted by Gasteiger charge is -2.22. The number of hydrogen-bond donors (Lipinski definition) is 2. The number of amides is 1. The van der Waals surface area contributed by atoms with Gasteiger partial charge in [0.1, 0.15) is 11.4 Å². The molecular weight excluding hydrogens is 330 g/mol. The van der Waals surface area contributed by atoms with Crippen molar-refractivity contribution >= 4 is 5.91 Å². The van der Waals surface area contributed by atoms with Crippen LogP contribution in [0.15, 0.2) is 30.6 Å². The van der Waals surface area contributed by atoms with Crippen LogP contribution in [0.3, 0.4) is 0 Å². The molecule has 24 heavy (non-hydrogen) atoms. The molecule has 2 aromatic rings. The fourth-order valence-corrected chi connectivity index (χ4v) is 2.02. The van der Waals surface area contributed by atoms with Gasteiger partial charge in [-0.1, -0.05) is 0 Å². The van der Waals surface area contributed by atoms with Crippen molar-refractivity contribution in [3.05, 3.63) is 53.1 Å². The van der Waals surface area contributed by atoms with Gasteiger partial charge >= 0.3 is 6.18 Å². The van der Waals surface area contributed by atoms with Gasteiger partial charge in [0, 0.05) is 18.8 Å². The zero-order valence-corrected chi connectivity index (χ0v) is 12.9. The first-order valence-electron chi connectivity index (χ1n) is 6.87. The number of hydrogen-bond acceptors (Lipinski definition) is 3. The zero-order chi connectivity index (χ0) is 18.1. The largest absolute Gasteiger partial charge is 0.416 e. The van der Waals surface area contributed by atoms with Gasteiger partial charge in [-0.3, -0.25) is 9.48 Å². The SMILES string of the molecule is Cn1cc(C(C)(O)CNC(=O)c2cc(C(F)(F)F)ccc2F)cn1. The highest BCUT2D eigenvalue weighted by Crippen LogP contribution is 2.30. The molecule has 0 saturated heterocycles. The number of alkyl halides is 3. The van der Waals surface area contributed by atoms with Gasteiger partial charge < -0.3 is 10.4 Å². The molecule has 0 bridgehead atoms. The molecule has 1 aromatic carbocycles. The van der Waals surface area contributed by atoms with Gasteiger partial charge in [-0.2, -0.15) is 18.3 Å². The number of halogens is 4. The second kappa shape index (κ2) is 6.23. The number of nitrogens with one attached hydrogen (secondary N) is 1. The maximum atomic E-state index is 13.7. The van der Waals surface area contributed by atoms with E-state index in [2.05, 4.69) is 10.4 Å². The highest BCUT2D eigenvalue weighted by atomic mass is 19.4. The third-order valence-corrected chi connectivity index (χ3v) is 3.46. The average Bonchev–Trinajstić information content (AvgIpc) is 2.91. The number of carbonyl (C=O) groups is 1. The molecule has 2 rings (SSSR count). The predicted molar refractivity (Wildman–Crippen MR) is 76.5 cm³/mol. The Hall–Kier alpha value is -2.42. The Balaban J connectivity index is 2.15. The van der Waals surface area contributed by atoms with Crippen molar-refractivity contribution in [2.45, 2.75) is 18.7 Å². The van der Waals surface area contributed by atoms with Crippen molar-refractivity contribution in [1.29, 1.82) is 0 Å². The van der Waals surface area contributed by atoms with Crippen LogP contribution in [-0.4, -0.2) is 27.3 Å². The van der Waals surface area contributed by atoms with Gasteiger partial charge in [0.2, 0.25) is 0 Å². The summed E-state index contributed by atoms with van der Waals surface area (Å²) in [6.45, 7) is 1.07. The number of benzene rings is 1. The quantitative estimate of drug-likeness (QED) is 0.835. The third-order valence-electron chi connectivity index (χ3n) is 3.46. The second-order valence-electron chi connectivity index (χ2n) is 5.55. The summed E-state index contributed by atoms with van der Waals surface area (Å²) in [5, 5.41) is 16.4. The summed E-state index contributed by atoms with van der Waals surface area (Å²) >= 11 is 0. The lowest BCUT2D eigenvalue weighted by Crippen LogP contribution is -2.38. The molecule has 0 saturated carbocycles. The van der Waals surface area contributed by atoms with Crippen molar-refractivity contribution in [3.63, 3.8) is 0 Å². The Labute approximate surface area is 134 Å². The van der Waals surface area contributed by atoms with E-state index < -0.39 is 34.6 Å². The molecule has 130 valence electrons. The van der Waals surface area contributed by atoms with Crippen molar-refractivity contribution < 1.29 is 27.5 Å². The van der Waals surface area contributed by atoms with Crippen LogP contribution in [0.1, 0.15) is 28.4 Å². The molecular formula is C15H15F4N3O2. The van der Waals surface area contributed by atoms with E-state index in [0.717, 1.165) is 0 Å². The molecule has 2 N–H and O–H groups in total. The number of aromatic nitrogens is 2. The normalized spacial score (nSPS) is 14.3. The molecule has 0 aliphatic carbocycles. The van der Waals surface area contributed by atoms with Gasteiger partial charge in [0.25, 0.3) is 5.91 Å². The molecule has 0 fully saturated rings. The topological polar surface area (TPSA) is 67.2 Å². The van der Waals surface area contributed by atoms with E-state index in [9.17, 15) is 27.5 Å². The maximum absolute atomic E-state index is 13.7. The van der Waals surface area contributed by atoms with Crippen LogP contribution in [-0.2, 0) is 18.8 Å². The van der Waals surface area contributed by atoms with E-state index in [0.29, 0.717) is 23.8 Å². The standard InChI is InChI=1S/C15H15F4N3O2/c1-14(24,10-6-21-22(2)7-10)8-20-13(23)11-5-9(15(17,18)19)3-4-12(11)16/h3-7,24H,8H2,1-2H3,(H,20,23). The molecule has 5 nitrogen and oxygen atoms in total. The van der Waals surface area contributed by atoms with Crippen molar-refractivity contribution in [2.24, 2.45) is 7.05 Å². The van der Waals surface area contributed by atoms with Gasteiger partial charge in [-0.25, -0.2) is 4.39 Å². The van der Waals surface area contributed by atoms with E-state index in [4.69, 9.17) is 0 Å². The molecule has 0 spiro atoms. The van der Waals surface area contributed by atoms with Gasteiger partial charge in [0.05, 0.1) is 23.9 Å². The number of aliphatic hydroxyl groups is 1. The average molecular weight is 345 g/mol. The van der Waals surface area contributed by atoms with Crippen LogP contribution in [0.25, 0.3) is 0 Å². The Bertz CT molecular complexity index is 753. The van der Waals surface area contributed by atoms with E-state index in [1.165, 1.54) is 24.0 Å². The minimum absolute atomic E-state index is 0.326. The number of aryl methyl sites for hydroxylation is 1. The minimum atomic E-state index is -4.69. The molecule has 1 amide bonds. The Morgan fingerprint density at radius 2 is 2.00 bits per heavy atom. The van der Waals surface area contributed by atoms with Crippen molar-refractivity contribution in [2.75, 3.05) is 6.54 Å². The van der Waals surface area contributed by atoms with Gasteiger partial charge in [0.15, 0.2) is 0 Å². The van der Waals surface area contributed by atoms with Crippen LogP contribution >= 0.6 is 0 Å². The molecule has 0 radical (unpaired) electrons. The summed E-state index contributed by atoms with van der Waals surface area (Å²) in [6.07, 6.45) is -1.78. The summed E-state index contributed by atoms with van der Waals surface area (Å²) < 4.78 is 53.1.